The number of carbonyl (C=O) groups is 2. The normalized spacial score (nSPS) is 12.0. The van der Waals surface area contributed by atoms with Crippen molar-refractivity contribution in [1.29, 1.82) is 0 Å². The lowest BCUT2D eigenvalue weighted by molar-refractivity contribution is -0.120. The zero-order valence-electron chi connectivity index (χ0n) is 14.7. The van der Waals surface area contributed by atoms with E-state index >= 15 is 0 Å². The Morgan fingerprint density at radius 2 is 2.04 bits per heavy atom. The van der Waals surface area contributed by atoms with Crippen LogP contribution < -0.4 is 25.0 Å². The summed E-state index contributed by atoms with van der Waals surface area (Å²) in [6.45, 7) is 2.40. The van der Waals surface area contributed by atoms with Crippen LogP contribution in [-0.2, 0) is 4.79 Å². The molecule has 0 saturated heterocycles. The molecule has 2 aromatic rings. The molecule has 0 fully saturated rings. The van der Waals surface area contributed by atoms with E-state index in [4.69, 9.17) is 14.2 Å². The van der Waals surface area contributed by atoms with Crippen molar-refractivity contribution in [2.45, 2.75) is 6.92 Å². The Labute approximate surface area is 156 Å². The van der Waals surface area contributed by atoms with Gasteiger partial charge in [0.25, 0.3) is 11.8 Å². The van der Waals surface area contributed by atoms with Crippen LogP contribution in [0.2, 0.25) is 0 Å². The Hall–Kier alpha value is -3.55. The smallest absolute Gasteiger partial charge is 0.259 e. The number of fused-ring (bicyclic) bond motifs is 1. The third kappa shape index (κ3) is 4.97. The SMILES string of the molecule is CCOc1cccc(C=NNC(=O)CNC(=O)c2ccc3c(c2)OCO3)c1. The molecular formula is C19H19N3O5. The van der Waals surface area contributed by atoms with Gasteiger partial charge in [0.15, 0.2) is 11.5 Å². The number of benzene rings is 2. The van der Waals surface area contributed by atoms with Crippen LogP contribution >= 0.6 is 0 Å². The van der Waals surface area contributed by atoms with E-state index in [1.165, 1.54) is 6.21 Å². The molecule has 2 N–H and O–H groups in total. The standard InChI is InChI=1S/C19H19N3O5/c1-2-25-15-5-3-4-13(8-15)10-21-22-18(23)11-20-19(24)14-6-7-16-17(9-14)27-12-26-16/h3-10H,2,11-12H2,1H3,(H,20,24)(H,22,23). The predicted octanol–water partition coefficient (Wildman–Crippen LogP) is 1.69. The number of nitrogens with one attached hydrogen (secondary N) is 2. The maximum absolute atomic E-state index is 12.1. The Morgan fingerprint density at radius 3 is 2.89 bits per heavy atom. The second-order valence-corrected chi connectivity index (χ2v) is 5.55. The van der Waals surface area contributed by atoms with Crippen molar-refractivity contribution >= 4 is 18.0 Å². The molecule has 8 heteroatoms. The average Bonchev–Trinajstić information content (AvgIpc) is 3.14. The summed E-state index contributed by atoms with van der Waals surface area (Å²) >= 11 is 0. The van der Waals surface area contributed by atoms with Crippen LogP contribution in [0.5, 0.6) is 17.2 Å². The minimum atomic E-state index is -0.443. The summed E-state index contributed by atoms with van der Waals surface area (Å²) in [4.78, 5) is 23.9. The van der Waals surface area contributed by atoms with E-state index < -0.39 is 11.8 Å². The van der Waals surface area contributed by atoms with Crippen LogP contribution in [0.1, 0.15) is 22.8 Å². The van der Waals surface area contributed by atoms with Crippen molar-refractivity contribution in [2.75, 3.05) is 19.9 Å². The zero-order valence-corrected chi connectivity index (χ0v) is 14.7. The molecule has 0 bridgehead atoms. The van der Waals surface area contributed by atoms with Crippen LogP contribution in [0.3, 0.4) is 0 Å². The van der Waals surface area contributed by atoms with Gasteiger partial charge in [-0.15, -0.1) is 0 Å². The van der Waals surface area contributed by atoms with Crippen molar-refractivity contribution in [3.63, 3.8) is 0 Å². The van der Waals surface area contributed by atoms with Gasteiger partial charge in [0.1, 0.15) is 5.75 Å². The van der Waals surface area contributed by atoms with Crippen LogP contribution in [0.4, 0.5) is 0 Å². The lowest BCUT2D eigenvalue weighted by atomic mass is 10.2. The number of hydrogen-bond donors (Lipinski definition) is 2. The molecule has 0 unspecified atom stereocenters. The Kier molecular flexibility index (Phi) is 5.88. The minimum Gasteiger partial charge on any atom is -0.494 e. The molecule has 1 heterocycles. The molecule has 27 heavy (non-hydrogen) atoms. The van der Waals surface area contributed by atoms with Crippen LogP contribution in [0.25, 0.3) is 0 Å². The zero-order chi connectivity index (χ0) is 19.1. The molecule has 8 nitrogen and oxygen atoms in total. The lowest BCUT2D eigenvalue weighted by Crippen LogP contribution is -2.34. The van der Waals surface area contributed by atoms with Gasteiger partial charge >= 0.3 is 0 Å². The molecule has 0 atom stereocenters. The third-order valence-corrected chi connectivity index (χ3v) is 3.62. The molecule has 0 radical (unpaired) electrons. The Bertz CT molecular complexity index is 866. The molecule has 1 aliphatic rings. The maximum atomic E-state index is 12.1. The first-order valence-electron chi connectivity index (χ1n) is 8.38. The highest BCUT2D eigenvalue weighted by atomic mass is 16.7. The molecule has 0 saturated carbocycles. The molecule has 0 aromatic heterocycles. The van der Waals surface area contributed by atoms with Gasteiger partial charge in [-0.3, -0.25) is 9.59 Å². The van der Waals surface area contributed by atoms with Gasteiger partial charge in [-0.2, -0.15) is 5.10 Å². The number of rotatable bonds is 7. The summed E-state index contributed by atoms with van der Waals surface area (Å²) in [5.41, 5.74) is 3.52. The second kappa shape index (κ2) is 8.70. The maximum Gasteiger partial charge on any atom is 0.259 e. The van der Waals surface area contributed by atoms with Gasteiger partial charge in [0.05, 0.1) is 19.4 Å². The fraction of sp³-hybridized carbons (Fsp3) is 0.211. The van der Waals surface area contributed by atoms with Crippen molar-refractivity contribution in [3.8, 4) is 17.2 Å². The number of amides is 2. The van der Waals surface area contributed by atoms with Crippen LogP contribution in [0.15, 0.2) is 47.6 Å². The number of hydrogen-bond acceptors (Lipinski definition) is 6. The second-order valence-electron chi connectivity index (χ2n) is 5.55. The number of ether oxygens (including phenoxy) is 3. The van der Waals surface area contributed by atoms with E-state index in [9.17, 15) is 9.59 Å². The molecule has 0 spiro atoms. The highest BCUT2D eigenvalue weighted by Gasteiger charge is 2.16. The summed E-state index contributed by atoms with van der Waals surface area (Å²) in [5.74, 6) is 0.986. The van der Waals surface area contributed by atoms with E-state index in [1.807, 2.05) is 25.1 Å². The monoisotopic (exact) mass is 369 g/mol. The third-order valence-electron chi connectivity index (χ3n) is 3.62. The average molecular weight is 369 g/mol. The number of hydrazone groups is 1. The molecular weight excluding hydrogens is 350 g/mol. The van der Waals surface area contributed by atoms with Crippen molar-refractivity contribution < 1.29 is 23.8 Å². The van der Waals surface area contributed by atoms with Gasteiger partial charge in [0, 0.05) is 5.56 Å². The summed E-state index contributed by atoms with van der Waals surface area (Å²) in [6, 6.07) is 12.1. The Balaban J connectivity index is 1.46. The predicted molar refractivity (Wildman–Crippen MR) is 98.2 cm³/mol. The minimum absolute atomic E-state index is 0.133. The fourth-order valence-electron chi connectivity index (χ4n) is 2.37. The van der Waals surface area contributed by atoms with Gasteiger partial charge < -0.3 is 19.5 Å². The highest BCUT2D eigenvalue weighted by molar-refractivity contribution is 5.97. The molecule has 140 valence electrons. The largest absolute Gasteiger partial charge is 0.494 e. The molecule has 0 aliphatic carbocycles. The summed E-state index contributed by atoms with van der Waals surface area (Å²) in [6.07, 6.45) is 1.50. The van der Waals surface area contributed by atoms with Crippen LogP contribution in [-0.4, -0.2) is 38.0 Å². The summed E-state index contributed by atoms with van der Waals surface area (Å²) < 4.78 is 15.8. The van der Waals surface area contributed by atoms with E-state index in [1.54, 1.807) is 24.3 Å². The van der Waals surface area contributed by atoms with Gasteiger partial charge in [-0.1, -0.05) is 12.1 Å². The first kappa shape index (κ1) is 18.2. The highest BCUT2D eigenvalue weighted by Crippen LogP contribution is 2.32. The number of nitrogens with zero attached hydrogens (tertiary/aromatic N) is 1. The van der Waals surface area contributed by atoms with E-state index in [0.29, 0.717) is 23.7 Å². The van der Waals surface area contributed by atoms with Crippen LogP contribution in [0, 0.1) is 0 Å². The summed E-state index contributed by atoms with van der Waals surface area (Å²) in [5, 5.41) is 6.40. The van der Waals surface area contributed by atoms with Crippen molar-refractivity contribution in [1.82, 2.24) is 10.7 Å². The molecule has 3 rings (SSSR count). The molecule has 2 aromatic carbocycles. The van der Waals surface area contributed by atoms with Gasteiger partial charge in [-0.25, -0.2) is 5.43 Å². The molecule has 2 amide bonds. The van der Waals surface area contributed by atoms with Crippen molar-refractivity contribution in [3.05, 3.63) is 53.6 Å². The summed E-state index contributed by atoms with van der Waals surface area (Å²) in [7, 11) is 0. The first-order chi connectivity index (χ1) is 13.2. The fourth-order valence-corrected chi connectivity index (χ4v) is 2.37. The topological polar surface area (TPSA) is 98.2 Å². The van der Waals surface area contributed by atoms with E-state index in [-0.39, 0.29) is 13.3 Å². The molecule has 1 aliphatic heterocycles. The van der Waals surface area contributed by atoms with Gasteiger partial charge in [0.2, 0.25) is 6.79 Å². The lowest BCUT2D eigenvalue weighted by Gasteiger charge is -2.05. The quantitative estimate of drug-likeness (QED) is 0.572. The van der Waals surface area contributed by atoms with E-state index in [0.717, 1.165) is 11.3 Å². The number of carbonyl (C=O) groups excluding carboxylic acids is 2. The van der Waals surface area contributed by atoms with E-state index in [2.05, 4.69) is 15.8 Å². The van der Waals surface area contributed by atoms with Crippen molar-refractivity contribution in [2.24, 2.45) is 5.10 Å². The Morgan fingerprint density at radius 1 is 1.19 bits per heavy atom. The first-order valence-corrected chi connectivity index (χ1v) is 8.38. The van der Waals surface area contributed by atoms with Gasteiger partial charge in [-0.05, 0) is 42.8 Å².